The largest absolute Gasteiger partial charge is 0.327 e. The van der Waals surface area contributed by atoms with Crippen LogP contribution in [0.15, 0.2) is 36.4 Å². The number of benzene rings is 2. The van der Waals surface area contributed by atoms with Gasteiger partial charge in [0, 0.05) is 61.3 Å². The second-order valence-corrected chi connectivity index (χ2v) is 10.9. The molecule has 1 amide bonds. The van der Waals surface area contributed by atoms with Crippen molar-refractivity contribution in [1.29, 1.82) is 0 Å². The van der Waals surface area contributed by atoms with Crippen molar-refractivity contribution >= 4 is 34.5 Å². The number of fused-ring (bicyclic) bond motifs is 2. The van der Waals surface area contributed by atoms with Gasteiger partial charge >= 0.3 is 0 Å². The molecule has 9 heteroatoms. The molecule has 2 aliphatic rings. The number of amides is 1. The summed E-state index contributed by atoms with van der Waals surface area (Å²) >= 11 is 8.64. The van der Waals surface area contributed by atoms with Crippen molar-refractivity contribution in [2.45, 2.75) is 33.0 Å². The van der Waals surface area contributed by atoms with E-state index in [1.165, 1.54) is 4.88 Å². The number of rotatable bonds is 4. The van der Waals surface area contributed by atoms with Crippen LogP contribution < -0.4 is 10.6 Å². The number of hydrogen-bond acceptors (Lipinski definition) is 6. The van der Waals surface area contributed by atoms with E-state index in [0.29, 0.717) is 16.5 Å². The molecule has 0 aliphatic carbocycles. The van der Waals surface area contributed by atoms with E-state index in [9.17, 15) is 4.79 Å². The topological polar surface area (TPSA) is 75.1 Å². The molecule has 184 valence electrons. The fraction of sp³-hybridized carbons (Fsp3) is 0.296. The van der Waals surface area contributed by atoms with Gasteiger partial charge in [-0.2, -0.15) is 0 Å². The lowest BCUT2D eigenvalue weighted by Crippen LogP contribution is -2.27. The highest BCUT2D eigenvalue weighted by molar-refractivity contribution is 7.15. The number of imidazole rings is 1. The average molecular weight is 519 g/mol. The van der Waals surface area contributed by atoms with Crippen LogP contribution in [0.2, 0.25) is 5.02 Å². The molecule has 2 aromatic carbocycles. The highest BCUT2D eigenvalue weighted by atomic mass is 35.5. The highest BCUT2D eigenvalue weighted by Crippen LogP contribution is 2.40. The van der Waals surface area contributed by atoms with Crippen LogP contribution in [0, 0.1) is 6.92 Å². The Morgan fingerprint density at radius 1 is 1.06 bits per heavy atom. The van der Waals surface area contributed by atoms with Gasteiger partial charge in [0.1, 0.15) is 5.01 Å². The predicted molar refractivity (Wildman–Crippen MR) is 144 cm³/mol. The number of likely N-dealkylation sites (N-methyl/N-ethyl adjacent to an activating group) is 1. The van der Waals surface area contributed by atoms with Crippen molar-refractivity contribution in [3.63, 3.8) is 0 Å². The van der Waals surface area contributed by atoms with Crippen molar-refractivity contribution in [1.82, 2.24) is 24.8 Å². The Bertz CT molecular complexity index is 1480. The van der Waals surface area contributed by atoms with E-state index in [0.717, 1.165) is 76.9 Å². The fourth-order valence-corrected chi connectivity index (χ4v) is 6.51. The fourth-order valence-electron chi connectivity index (χ4n) is 5.11. The number of anilines is 1. The monoisotopic (exact) mass is 518 g/mol. The van der Waals surface area contributed by atoms with Gasteiger partial charge in [-0.25, -0.2) is 9.97 Å². The van der Waals surface area contributed by atoms with E-state index in [1.54, 1.807) is 11.3 Å². The van der Waals surface area contributed by atoms with Gasteiger partial charge in [0.15, 0.2) is 5.82 Å². The summed E-state index contributed by atoms with van der Waals surface area (Å²) in [6.45, 7) is 5.52. The quantitative estimate of drug-likeness (QED) is 0.397. The normalized spacial score (nSPS) is 15.1. The molecule has 7 nitrogen and oxygen atoms in total. The minimum atomic E-state index is -0.259. The molecule has 2 aliphatic heterocycles. The van der Waals surface area contributed by atoms with E-state index >= 15 is 0 Å². The van der Waals surface area contributed by atoms with Crippen LogP contribution in [0.1, 0.15) is 38.1 Å². The molecule has 2 aromatic heterocycles. The second-order valence-electron chi connectivity index (χ2n) is 9.47. The Morgan fingerprint density at radius 3 is 2.67 bits per heavy atom. The first-order valence-corrected chi connectivity index (χ1v) is 13.2. The molecule has 0 spiro atoms. The summed E-state index contributed by atoms with van der Waals surface area (Å²) in [5.41, 5.74) is 7.93. The van der Waals surface area contributed by atoms with Crippen LogP contribution in [0.25, 0.3) is 21.7 Å². The predicted octanol–water partition coefficient (Wildman–Crippen LogP) is 5.02. The Kier molecular flexibility index (Phi) is 5.92. The molecule has 4 heterocycles. The molecule has 4 aromatic rings. The van der Waals surface area contributed by atoms with Crippen LogP contribution in [-0.4, -0.2) is 38.9 Å². The number of nitrogens with zero attached hydrogens (tertiary/aromatic N) is 4. The lowest BCUT2D eigenvalue weighted by Gasteiger charge is -2.21. The zero-order chi connectivity index (χ0) is 25.0. The number of nitrogens with one attached hydrogen (secondary N) is 2. The third kappa shape index (κ3) is 3.94. The van der Waals surface area contributed by atoms with Crippen molar-refractivity contribution in [3.8, 4) is 21.7 Å². The van der Waals surface area contributed by atoms with E-state index in [-0.39, 0.29) is 5.91 Å². The SMILES string of the molecule is Cc1c(-c2nc3c(s2)CNC3)cccc1-c1cccc(NC(=O)c2nc3c(n2C)CCN(C)C3)c1Cl. The zero-order valence-corrected chi connectivity index (χ0v) is 22.1. The molecular weight excluding hydrogens is 492 g/mol. The number of halogens is 1. The molecule has 0 unspecified atom stereocenters. The Morgan fingerprint density at radius 2 is 1.83 bits per heavy atom. The Balaban J connectivity index is 1.32. The summed E-state index contributed by atoms with van der Waals surface area (Å²) in [7, 11) is 3.97. The number of thiazole rings is 1. The smallest absolute Gasteiger partial charge is 0.291 e. The molecule has 0 saturated heterocycles. The lowest BCUT2D eigenvalue weighted by atomic mass is 9.96. The number of hydrogen-bond donors (Lipinski definition) is 2. The molecule has 36 heavy (non-hydrogen) atoms. The van der Waals surface area contributed by atoms with Crippen molar-refractivity contribution in [2.24, 2.45) is 7.05 Å². The first-order chi connectivity index (χ1) is 17.4. The molecule has 0 bridgehead atoms. The highest BCUT2D eigenvalue weighted by Gasteiger charge is 2.25. The molecule has 0 saturated carbocycles. The van der Waals surface area contributed by atoms with Gasteiger partial charge in [0.05, 0.1) is 22.1 Å². The van der Waals surface area contributed by atoms with Gasteiger partial charge < -0.3 is 20.1 Å². The van der Waals surface area contributed by atoms with Crippen LogP contribution in [0.3, 0.4) is 0 Å². The van der Waals surface area contributed by atoms with E-state index in [2.05, 4.69) is 46.6 Å². The van der Waals surface area contributed by atoms with Crippen LogP contribution in [0.5, 0.6) is 0 Å². The standard InChI is InChI=1S/C27H27ClN6OS/c1-15-16(6-4-7-17(15)27-32-20-12-29-13-23(20)36-27)18-8-5-9-19(24(18)28)31-26(35)25-30-21-14-33(2)11-10-22(21)34(25)3/h4-9,29H,10-14H2,1-3H3,(H,31,35). The first-order valence-electron chi connectivity index (χ1n) is 12.0. The average Bonchev–Trinajstić information content (AvgIpc) is 3.54. The number of carbonyl (C=O) groups is 1. The maximum atomic E-state index is 13.2. The Labute approximate surface area is 219 Å². The lowest BCUT2D eigenvalue weighted by molar-refractivity contribution is 0.101. The summed E-state index contributed by atoms with van der Waals surface area (Å²) in [5.74, 6) is 0.145. The summed E-state index contributed by atoms with van der Waals surface area (Å²) in [6.07, 6.45) is 0.882. The second kappa shape index (κ2) is 9.12. The molecule has 0 fully saturated rings. The molecule has 0 radical (unpaired) electrons. The van der Waals surface area contributed by atoms with Gasteiger partial charge in [-0.15, -0.1) is 11.3 Å². The summed E-state index contributed by atoms with van der Waals surface area (Å²) in [4.78, 5) is 26.3. The first kappa shape index (κ1) is 23.4. The molecule has 2 N–H and O–H groups in total. The summed E-state index contributed by atoms with van der Waals surface area (Å²) in [5, 5.41) is 7.89. The van der Waals surface area contributed by atoms with E-state index < -0.39 is 0 Å². The maximum Gasteiger partial charge on any atom is 0.291 e. The number of carbonyl (C=O) groups excluding carboxylic acids is 1. The van der Waals surface area contributed by atoms with E-state index in [4.69, 9.17) is 16.6 Å². The summed E-state index contributed by atoms with van der Waals surface area (Å²) in [6, 6.07) is 12.0. The van der Waals surface area contributed by atoms with Crippen LogP contribution in [0.4, 0.5) is 5.69 Å². The van der Waals surface area contributed by atoms with Crippen LogP contribution >= 0.6 is 22.9 Å². The minimum Gasteiger partial charge on any atom is -0.327 e. The van der Waals surface area contributed by atoms with Crippen molar-refractivity contribution in [3.05, 3.63) is 74.8 Å². The van der Waals surface area contributed by atoms with Gasteiger partial charge in [0.25, 0.3) is 5.91 Å². The van der Waals surface area contributed by atoms with Gasteiger partial charge in [-0.1, -0.05) is 41.9 Å². The zero-order valence-electron chi connectivity index (χ0n) is 20.5. The van der Waals surface area contributed by atoms with Crippen molar-refractivity contribution in [2.75, 3.05) is 18.9 Å². The van der Waals surface area contributed by atoms with E-state index in [1.807, 2.05) is 35.9 Å². The van der Waals surface area contributed by atoms with Crippen molar-refractivity contribution < 1.29 is 4.79 Å². The molecule has 6 rings (SSSR count). The molecule has 0 atom stereocenters. The van der Waals surface area contributed by atoms with Gasteiger partial charge in [-0.05, 0) is 31.2 Å². The minimum absolute atomic E-state index is 0.259. The third-order valence-corrected chi connectivity index (χ3v) is 8.65. The maximum absolute atomic E-state index is 13.2. The molecular formula is C27H27ClN6OS. The summed E-state index contributed by atoms with van der Waals surface area (Å²) < 4.78 is 1.91. The third-order valence-electron chi connectivity index (χ3n) is 7.11. The van der Waals surface area contributed by atoms with Gasteiger partial charge in [0.2, 0.25) is 0 Å². The Hall–Kier alpha value is -3.04. The van der Waals surface area contributed by atoms with Gasteiger partial charge in [-0.3, -0.25) is 4.79 Å². The van der Waals surface area contributed by atoms with Crippen LogP contribution in [-0.2, 0) is 33.1 Å². The number of aromatic nitrogens is 3.